The van der Waals surface area contributed by atoms with Gasteiger partial charge < -0.3 is 10.6 Å². The average molecular weight is 452 g/mol. The van der Waals surface area contributed by atoms with Gasteiger partial charge in [-0.1, -0.05) is 30.3 Å². The van der Waals surface area contributed by atoms with Crippen molar-refractivity contribution < 1.29 is 9.59 Å². The molecule has 7 nitrogen and oxygen atoms in total. The molecule has 4 aromatic rings. The molecule has 2 aromatic carbocycles. The minimum Gasteiger partial charge on any atom is -0.366 e. The van der Waals surface area contributed by atoms with E-state index in [1.807, 2.05) is 59.5 Å². The summed E-state index contributed by atoms with van der Waals surface area (Å²) in [7, 11) is 0. The highest BCUT2D eigenvalue weighted by Gasteiger charge is 2.24. The number of rotatable bonds is 5. The minimum atomic E-state index is -0.422. The molecule has 0 saturated carbocycles. The van der Waals surface area contributed by atoms with Crippen molar-refractivity contribution in [3.05, 3.63) is 95.8 Å². The van der Waals surface area contributed by atoms with Crippen LogP contribution in [0.2, 0.25) is 0 Å². The monoisotopic (exact) mass is 451 g/mol. The number of aromatic nitrogens is 2. The zero-order valence-electron chi connectivity index (χ0n) is 18.7. The van der Waals surface area contributed by atoms with E-state index in [1.165, 1.54) is 0 Å². The minimum absolute atomic E-state index is 0.0224. The lowest BCUT2D eigenvalue weighted by Crippen LogP contribution is -2.48. The van der Waals surface area contributed by atoms with Crippen LogP contribution in [0, 0.1) is 0 Å². The predicted octanol–water partition coefficient (Wildman–Crippen LogP) is 3.35. The first kappa shape index (κ1) is 21.7. The first-order valence-electron chi connectivity index (χ1n) is 11.3. The van der Waals surface area contributed by atoms with Gasteiger partial charge in [0, 0.05) is 61.6 Å². The van der Waals surface area contributed by atoms with Crippen LogP contribution >= 0.6 is 0 Å². The molecule has 1 aliphatic heterocycles. The summed E-state index contributed by atoms with van der Waals surface area (Å²) in [6.45, 7) is 3.63. The SMILES string of the molecule is NC(=O)c1ccc(CN2CCN(C(=O)c3cc(-c4cccnc4)nc4ccccc34)CC2)cc1. The highest BCUT2D eigenvalue weighted by molar-refractivity contribution is 6.07. The number of nitrogens with zero attached hydrogens (tertiary/aromatic N) is 4. The summed E-state index contributed by atoms with van der Waals surface area (Å²) in [4.78, 5) is 38.0. The average Bonchev–Trinajstić information content (AvgIpc) is 2.89. The molecular formula is C27H25N5O2. The molecule has 0 unspecified atom stereocenters. The summed E-state index contributed by atoms with van der Waals surface area (Å²) in [5, 5.41) is 0.858. The summed E-state index contributed by atoms with van der Waals surface area (Å²) in [6.07, 6.45) is 3.49. The molecule has 7 heteroatoms. The Bertz CT molecular complexity index is 1330. The van der Waals surface area contributed by atoms with E-state index >= 15 is 0 Å². The zero-order chi connectivity index (χ0) is 23.5. The first-order chi connectivity index (χ1) is 16.6. The summed E-state index contributed by atoms with van der Waals surface area (Å²) in [5.41, 5.74) is 10.0. The van der Waals surface area contributed by atoms with Crippen LogP contribution in [-0.2, 0) is 6.54 Å². The highest BCUT2D eigenvalue weighted by atomic mass is 16.2. The van der Waals surface area contributed by atoms with Gasteiger partial charge in [-0.25, -0.2) is 4.98 Å². The van der Waals surface area contributed by atoms with Gasteiger partial charge in [0.05, 0.1) is 16.8 Å². The Labute approximate surface area is 197 Å². The van der Waals surface area contributed by atoms with Crippen molar-refractivity contribution in [3.63, 3.8) is 0 Å². The molecule has 170 valence electrons. The van der Waals surface area contributed by atoms with Crippen LogP contribution < -0.4 is 5.73 Å². The summed E-state index contributed by atoms with van der Waals surface area (Å²) in [5.74, 6) is -0.400. The van der Waals surface area contributed by atoms with Crippen LogP contribution in [0.3, 0.4) is 0 Å². The van der Waals surface area contributed by atoms with Gasteiger partial charge >= 0.3 is 0 Å². The van der Waals surface area contributed by atoms with Crippen molar-refractivity contribution in [1.82, 2.24) is 19.8 Å². The fourth-order valence-corrected chi connectivity index (χ4v) is 4.33. The van der Waals surface area contributed by atoms with Gasteiger partial charge in [0.1, 0.15) is 0 Å². The van der Waals surface area contributed by atoms with Crippen LogP contribution in [0.25, 0.3) is 22.2 Å². The number of para-hydroxylation sites is 1. The highest BCUT2D eigenvalue weighted by Crippen LogP contribution is 2.26. The Morgan fingerprint density at radius 3 is 2.38 bits per heavy atom. The third-order valence-corrected chi connectivity index (χ3v) is 6.21. The number of carbonyl (C=O) groups is 2. The van der Waals surface area contributed by atoms with Crippen molar-refractivity contribution in [3.8, 4) is 11.3 Å². The molecule has 3 heterocycles. The Morgan fingerprint density at radius 2 is 1.68 bits per heavy atom. The maximum atomic E-state index is 13.6. The van der Waals surface area contributed by atoms with Crippen molar-refractivity contribution in [2.24, 2.45) is 5.73 Å². The van der Waals surface area contributed by atoms with Crippen molar-refractivity contribution >= 4 is 22.7 Å². The van der Waals surface area contributed by atoms with E-state index in [-0.39, 0.29) is 5.91 Å². The third-order valence-electron chi connectivity index (χ3n) is 6.21. The Morgan fingerprint density at radius 1 is 0.912 bits per heavy atom. The molecule has 2 amide bonds. The fourth-order valence-electron chi connectivity index (χ4n) is 4.33. The Hall–Kier alpha value is -4.10. The number of primary amides is 1. The number of benzene rings is 2. The number of fused-ring (bicyclic) bond motifs is 1. The molecular weight excluding hydrogens is 426 g/mol. The van der Waals surface area contributed by atoms with Crippen LogP contribution in [0.1, 0.15) is 26.3 Å². The van der Waals surface area contributed by atoms with E-state index in [1.54, 1.807) is 24.5 Å². The van der Waals surface area contributed by atoms with Gasteiger partial charge in [0.15, 0.2) is 0 Å². The molecule has 2 N–H and O–H groups in total. The van der Waals surface area contributed by atoms with Crippen LogP contribution in [0.4, 0.5) is 0 Å². The largest absolute Gasteiger partial charge is 0.366 e. The molecule has 1 aliphatic rings. The predicted molar refractivity (Wildman–Crippen MR) is 131 cm³/mol. The summed E-state index contributed by atoms with van der Waals surface area (Å²) in [6, 6.07) is 20.8. The van der Waals surface area contributed by atoms with Crippen LogP contribution in [0.15, 0.2) is 79.1 Å². The molecule has 0 spiro atoms. The van der Waals surface area contributed by atoms with E-state index < -0.39 is 5.91 Å². The number of hydrogen-bond acceptors (Lipinski definition) is 5. The van der Waals surface area contributed by atoms with Gasteiger partial charge in [0.25, 0.3) is 5.91 Å². The zero-order valence-corrected chi connectivity index (χ0v) is 18.7. The lowest BCUT2D eigenvalue weighted by atomic mass is 10.0. The maximum absolute atomic E-state index is 13.6. The molecule has 0 bridgehead atoms. The molecule has 0 aliphatic carbocycles. The van der Waals surface area contributed by atoms with Gasteiger partial charge in [-0.3, -0.25) is 19.5 Å². The number of piperazine rings is 1. The molecule has 34 heavy (non-hydrogen) atoms. The lowest BCUT2D eigenvalue weighted by Gasteiger charge is -2.35. The van der Waals surface area contributed by atoms with E-state index in [0.717, 1.165) is 47.4 Å². The van der Waals surface area contributed by atoms with Crippen LogP contribution in [-0.4, -0.2) is 57.8 Å². The number of hydrogen-bond donors (Lipinski definition) is 1. The number of amides is 2. The fraction of sp³-hybridized carbons (Fsp3) is 0.185. The molecule has 5 rings (SSSR count). The van der Waals surface area contributed by atoms with Gasteiger partial charge in [-0.05, 0) is 42.0 Å². The number of nitrogens with two attached hydrogens (primary N) is 1. The first-order valence-corrected chi connectivity index (χ1v) is 11.3. The van der Waals surface area contributed by atoms with E-state index in [4.69, 9.17) is 10.7 Å². The van der Waals surface area contributed by atoms with Crippen molar-refractivity contribution in [1.29, 1.82) is 0 Å². The van der Waals surface area contributed by atoms with E-state index in [2.05, 4.69) is 9.88 Å². The second kappa shape index (κ2) is 9.41. The summed E-state index contributed by atoms with van der Waals surface area (Å²) < 4.78 is 0. The van der Waals surface area contributed by atoms with Crippen LogP contribution in [0.5, 0.6) is 0 Å². The quantitative estimate of drug-likeness (QED) is 0.502. The van der Waals surface area contributed by atoms with E-state index in [0.29, 0.717) is 24.2 Å². The molecule has 2 aromatic heterocycles. The smallest absolute Gasteiger partial charge is 0.254 e. The maximum Gasteiger partial charge on any atom is 0.254 e. The summed E-state index contributed by atoms with van der Waals surface area (Å²) >= 11 is 0. The molecule has 1 saturated heterocycles. The number of carbonyl (C=O) groups excluding carboxylic acids is 2. The van der Waals surface area contributed by atoms with Crippen molar-refractivity contribution in [2.45, 2.75) is 6.54 Å². The Balaban J connectivity index is 1.32. The Kier molecular flexibility index (Phi) is 6.01. The third kappa shape index (κ3) is 4.51. The molecule has 1 fully saturated rings. The number of pyridine rings is 2. The topological polar surface area (TPSA) is 92.4 Å². The van der Waals surface area contributed by atoms with Gasteiger partial charge in [-0.15, -0.1) is 0 Å². The van der Waals surface area contributed by atoms with Gasteiger partial charge in [-0.2, -0.15) is 0 Å². The van der Waals surface area contributed by atoms with E-state index in [9.17, 15) is 9.59 Å². The lowest BCUT2D eigenvalue weighted by molar-refractivity contribution is 0.0630. The second-order valence-electron chi connectivity index (χ2n) is 8.44. The normalized spacial score (nSPS) is 14.3. The van der Waals surface area contributed by atoms with Crippen molar-refractivity contribution in [2.75, 3.05) is 26.2 Å². The molecule has 0 radical (unpaired) electrons. The van der Waals surface area contributed by atoms with Gasteiger partial charge in [0.2, 0.25) is 5.91 Å². The molecule has 0 atom stereocenters. The standard InChI is InChI=1S/C27H25N5O2/c28-26(33)20-9-7-19(8-10-20)18-31-12-14-32(15-13-31)27(34)23-16-25(21-4-3-11-29-17-21)30-24-6-2-1-5-22(23)24/h1-11,16-17H,12-15,18H2,(H2,28,33). The second-order valence-corrected chi connectivity index (χ2v) is 8.44.